The summed E-state index contributed by atoms with van der Waals surface area (Å²) in [4.78, 5) is 2.16. The van der Waals surface area contributed by atoms with Gasteiger partial charge in [0.2, 0.25) is 0 Å². The van der Waals surface area contributed by atoms with Gasteiger partial charge in [-0.25, -0.2) is 4.39 Å². The molecule has 0 saturated heterocycles. The van der Waals surface area contributed by atoms with Crippen LogP contribution in [0.1, 0.15) is 16.7 Å². The maximum Gasteiger partial charge on any atom is 0.129 e. The van der Waals surface area contributed by atoms with Gasteiger partial charge in [0.25, 0.3) is 0 Å². The van der Waals surface area contributed by atoms with Crippen LogP contribution in [0.4, 0.5) is 15.8 Å². The third kappa shape index (κ3) is 2.34. The summed E-state index contributed by atoms with van der Waals surface area (Å²) in [5, 5.41) is 0.424. The number of benzene rings is 2. The zero-order valence-electron chi connectivity index (χ0n) is 11.3. The van der Waals surface area contributed by atoms with Crippen molar-refractivity contribution in [3.05, 3.63) is 57.9 Å². The van der Waals surface area contributed by atoms with Gasteiger partial charge < -0.3 is 10.6 Å². The highest BCUT2D eigenvalue weighted by Crippen LogP contribution is 2.33. The van der Waals surface area contributed by atoms with Crippen molar-refractivity contribution < 1.29 is 4.39 Å². The first-order chi connectivity index (χ1) is 9.54. The maximum absolute atomic E-state index is 13.9. The van der Waals surface area contributed by atoms with Crippen molar-refractivity contribution in [1.82, 2.24) is 0 Å². The standard InChI is InChI=1S/C16H16ClFN2/c1-10-6-11-4-5-20(16(11)8-15(10)19)9-12-2-3-13(17)7-14(12)18/h2-3,6-8H,4-5,9,19H2,1H3. The molecule has 2 aromatic carbocycles. The molecular weight excluding hydrogens is 275 g/mol. The lowest BCUT2D eigenvalue weighted by Gasteiger charge is -2.20. The SMILES string of the molecule is Cc1cc2c(cc1N)N(Cc1ccc(Cl)cc1F)CC2. The third-order valence-corrected chi connectivity index (χ3v) is 4.07. The molecule has 20 heavy (non-hydrogen) atoms. The van der Waals surface area contributed by atoms with E-state index >= 15 is 0 Å². The molecule has 0 fully saturated rings. The van der Waals surface area contributed by atoms with Crippen LogP contribution in [0.3, 0.4) is 0 Å². The number of nitrogens with zero attached hydrogens (tertiary/aromatic N) is 1. The maximum atomic E-state index is 13.9. The van der Waals surface area contributed by atoms with Crippen LogP contribution in [-0.4, -0.2) is 6.54 Å². The number of nitrogens with two attached hydrogens (primary N) is 1. The van der Waals surface area contributed by atoms with E-state index in [0.717, 1.165) is 29.9 Å². The summed E-state index contributed by atoms with van der Waals surface area (Å²) in [6.45, 7) is 3.44. The van der Waals surface area contributed by atoms with Gasteiger partial charge in [0.05, 0.1) is 0 Å². The lowest BCUT2D eigenvalue weighted by Crippen LogP contribution is -2.20. The molecule has 3 rings (SSSR count). The van der Waals surface area contributed by atoms with E-state index in [2.05, 4.69) is 11.0 Å². The van der Waals surface area contributed by atoms with E-state index in [1.54, 1.807) is 12.1 Å². The zero-order chi connectivity index (χ0) is 14.3. The van der Waals surface area contributed by atoms with E-state index in [1.807, 2.05) is 13.0 Å². The van der Waals surface area contributed by atoms with Crippen molar-refractivity contribution in [2.24, 2.45) is 0 Å². The van der Waals surface area contributed by atoms with Gasteiger partial charge in [0, 0.05) is 35.1 Å². The Labute approximate surface area is 123 Å². The lowest BCUT2D eigenvalue weighted by molar-refractivity contribution is 0.606. The molecule has 0 spiro atoms. The number of fused-ring (bicyclic) bond motifs is 1. The van der Waals surface area contributed by atoms with Crippen molar-refractivity contribution in [3.63, 3.8) is 0 Å². The summed E-state index contributed by atoms with van der Waals surface area (Å²) in [5.74, 6) is -0.258. The van der Waals surface area contributed by atoms with Gasteiger partial charge in [-0.1, -0.05) is 23.7 Å². The Bertz CT molecular complexity index is 670. The van der Waals surface area contributed by atoms with Crippen molar-refractivity contribution in [3.8, 4) is 0 Å². The predicted molar refractivity (Wildman–Crippen MR) is 81.8 cm³/mol. The second kappa shape index (κ2) is 4.98. The number of hydrogen-bond acceptors (Lipinski definition) is 2. The second-order valence-corrected chi connectivity index (χ2v) is 5.68. The number of hydrogen-bond donors (Lipinski definition) is 1. The Hall–Kier alpha value is -1.74. The van der Waals surface area contributed by atoms with Crippen LogP contribution >= 0.6 is 11.6 Å². The number of nitrogen functional groups attached to an aromatic ring is 1. The van der Waals surface area contributed by atoms with Gasteiger partial charge >= 0.3 is 0 Å². The van der Waals surface area contributed by atoms with Crippen molar-refractivity contribution >= 4 is 23.0 Å². The summed E-state index contributed by atoms with van der Waals surface area (Å²) in [5.41, 5.74) is 10.9. The van der Waals surface area contributed by atoms with Crippen LogP contribution in [0.25, 0.3) is 0 Å². The minimum absolute atomic E-state index is 0.258. The first-order valence-electron chi connectivity index (χ1n) is 6.62. The quantitative estimate of drug-likeness (QED) is 0.849. The van der Waals surface area contributed by atoms with Gasteiger partial charge in [-0.15, -0.1) is 0 Å². The normalized spacial score (nSPS) is 13.7. The van der Waals surface area contributed by atoms with Crippen LogP contribution in [0.5, 0.6) is 0 Å². The van der Waals surface area contributed by atoms with E-state index in [9.17, 15) is 4.39 Å². The number of anilines is 2. The molecule has 0 saturated carbocycles. The van der Waals surface area contributed by atoms with E-state index in [0.29, 0.717) is 17.1 Å². The second-order valence-electron chi connectivity index (χ2n) is 5.24. The minimum Gasteiger partial charge on any atom is -0.398 e. The highest BCUT2D eigenvalue weighted by molar-refractivity contribution is 6.30. The molecule has 2 aromatic rings. The van der Waals surface area contributed by atoms with Gasteiger partial charge in [0.1, 0.15) is 5.82 Å². The predicted octanol–water partition coefficient (Wildman–Crippen LogP) is 3.93. The molecule has 2 nitrogen and oxygen atoms in total. The van der Waals surface area contributed by atoms with Crippen LogP contribution < -0.4 is 10.6 Å². The molecule has 1 aliphatic heterocycles. The molecule has 0 radical (unpaired) electrons. The summed E-state index contributed by atoms with van der Waals surface area (Å²) < 4.78 is 13.9. The van der Waals surface area contributed by atoms with Crippen LogP contribution in [0, 0.1) is 12.7 Å². The molecule has 1 aliphatic rings. The highest BCUT2D eigenvalue weighted by atomic mass is 35.5. The summed E-state index contributed by atoms with van der Waals surface area (Å²) >= 11 is 5.78. The molecule has 4 heteroatoms. The Morgan fingerprint density at radius 2 is 2.10 bits per heavy atom. The number of halogens is 2. The molecule has 0 unspecified atom stereocenters. The largest absolute Gasteiger partial charge is 0.398 e. The molecule has 0 bridgehead atoms. The van der Waals surface area contributed by atoms with E-state index < -0.39 is 0 Å². The number of rotatable bonds is 2. The van der Waals surface area contributed by atoms with Crippen LogP contribution in [0.2, 0.25) is 5.02 Å². The fourth-order valence-corrected chi connectivity index (χ4v) is 2.82. The molecule has 2 N–H and O–H groups in total. The van der Waals surface area contributed by atoms with Crippen molar-refractivity contribution in [2.45, 2.75) is 19.9 Å². The Morgan fingerprint density at radius 1 is 1.30 bits per heavy atom. The monoisotopic (exact) mass is 290 g/mol. The topological polar surface area (TPSA) is 29.3 Å². The van der Waals surface area contributed by atoms with Crippen molar-refractivity contribution in [1.29, 1.82) is 0 Å². The molecule has 1 heterocycles. The third-order valence-electron chi connectivity index (χ3n) is 3.84. The summed E-state index contributed by atoms with van der Waals surface area (Å²) in [6, 6.07) is 8.94. The van der Waals surface area contributed by atoms with Gasteiger partial charge in [-0.2, -0.15) is 0 Å². The van der Waals surface area contributed by atoms with Gasteiger partial charge in [-0.3, -0.25) is 0 Å². The average Bonchev–Trinajstić information content (AvgIpc) is 2.76. The molecular formula is C16H16ClFN2. The van der Waals surface area contributed by atoms with Crippen LogP contribution in [0.15, 0.2) is 30.3 Å². The fraction of sp³-hybridized carbons (Fsp3) is 0.250. The fourth-order valence-electron chi connectivity index (χ4n) is 2.66. The van der Waals surface area contributed by atoms with E-state index in [-0.39, 0.29) is 5.82 Å². The average molecular weight is 291 g/mol. The first-order valence-corrected chi connectivity index (χ1v) is 7.00. The van der Waals surface area contributed by atoms with E-state index in [1.165, 1.54) is 11.6 Å². The van der Waals surface area contributed by atoms with Gasteiger partial charge in [-0.05, 0) is 42.7 Å². The number of aryl methyl sites for hydroxylation is 1. The molecule has 104 valence electrons. The van der Waals surface area contributed by atoms with E-state index in [4.69, 9.17) is 17.3 Å². The molecule has 0 atom stereocenters. The van der Waals surface area contributed by atoms with Gasteiger partial charge in [0.15, 0.2) is 0 Å². The molecule has 0 amide bonds. The Kier molecular flexibility index (Phi) is 3.30. The highest BCUT2D eigenvalue weighted by Gasteiger charge is 2.21. The Morgan fingerprint density at radius 3 is 2.85 bits per heavy atom. The lowest BCUT2D eigenvalue weighted by atomic mass is 10.1. The summed E-state index contributed by atoms with van der Waals surface area (Å²) in [6.07, 6.45) is 0.978. The molecule has 0 aliphatic carbocycles. The zero-order valence-corrected chi connectivity index (χ0v) is 12.0. The Balaban J connectivity index is 1.90. The first kappa shape index (κ1) is 13.3. The van der Waals surface area contributed by atoms with Crippen LogP contribution in [-0.2, 0) is 13.0 Å². The molecule has 0 aromatic heterocycles. The smallest absolute Gasteiger partial charge is 0.129 e. The summed E-state index contributed by atoms with van der Waals surface area (Å²) in [7, 11) is 0. The minimum atomic E-state index is -0.258. The van der Waals surface area contributed by atoms with Crippen molar-refractivity contribution in [2.75, 3.05) is 17.2 Å².